The van der Waals surface area contributed by atoms with Gasteiger partial charge in [-0.3, -0.25) is 4.79 Å². The molecule has 3 N–H and O–H groups in total. The zero-order valence-electron chi connectivity index (χ0n) is 7.75. The zero-order valence-corrected chi connectivity index (χ0v) is 9.34. The minimum atomic E-state index is -0.506. The predicted molar refractivity (Wildman–Crippen MR) is 56.1 cm³/mol. The van der Waals surface area contributed by atoms with Crippen LogP contribution in [0, 0.1) is 0 Å². The average molecular weight is 259 g/mol. The summed E-state index contributed by atoms with van der Waals surface area (Å²) in [5.41, 5.74) is 5.48. The Morgan fingerprint density at radius 1 is 1.79 bits per heavy atom. The van der Waals surface area contributed by atoms with Gasteiger partial charge < -0.3 is 11.1 Å². The van der Waals surface area contributed by atoms with Crippen LogP contribution in [0.3, 0.4) is 0 Å². The maximum atomic E-state index is 11.0. The molecule has 1 aromatic heterocycles. The van der Waals surface area contributed by atoms with E-state index in [4.69, 9.17) is 5.73 Å². The molecule has 0 saturated heterocycles. The van der Waals surface area contributed by atoms with E-state index in [0.29, 0.717) is 16.2 Å². The van der Waals surface area contributed by atoms with Crippen molar-refractivity contribution < 1.29 is 4.79 Å². The number of carbonyl (C=O) groups excluding carboxylic acids is 1. The Balaban J connectivity index is 2.46. The molecular formula is C8H11BrN4O. The van der Waals surface area contributed by atoms with Gasteiger partial charge in [0, 0.05) is 12.6 Å². The second-order valence-corrected chi connectivity index (χ2v) is 4.23. The van der Waals surface area contributed by atoms with Crippen LogP contribution in [0.25, 0.3) is 0 Å². The quantitative estimate of drug-likeness (QED) is 0.788. The van der Waals surface area contributed by atoms with Gasteiger partial charge in [-0.2, -0.15) is 5.10 Å². The number of carbonyl (C=O) groups is 1. The third kappa shape index (κ3) is 1.39. The molecule has 1 aromatic rings. The molecule has 0 fully saturated rings. The van der Waals surface area contributed by atoms with Gasteiger partial charge in [-0.05, 0) is 29.3 Å². The molecule has 1 amide bonds. The largest absolute Gasteiger partial charge is 0.367 e. The van der Waals surface area contributed by atoms with Crippen molar-refractivity contribution in [2.45, 2.75) is 25.9 Å². The summed E-state index contributed by atoms with van der Waals surface area (Å²) in [6.07, 6.45) is 0.999. The number of anilines is 1. The van der Waals surface area contributed by atoms with Crippen molar-refractivity contribution in [1.29, 1.82) is 0 Å². The summed E-state index contributed by atoms with van der Waals surface area (Å²) in [6.45, 7) is 2.91. The molecule has 1 aliphatic rings. The van der Waals surface area contributed by atoms with Gasteiger partial charge in [0.1, 0.15) is 5.82 Å². The number of primary amides is 1. The lowest BCUT2D eigenvalue weighted by molar-refractivity contribution is 0.0994. The van der Waals surface area contributed by atoms with Crippen LogP contribution in [0.4, 0.5) is 5.82 Å². The number of nitrogens with two attached hydrogens (primary N) is 1. The number of nitrogens with one attached hydrogen (secondary N) is 1. The van der Waals surface area contributed by atoms with Gasteiger partial charge >= 0.3 is 0 Å². The number of rotatable bonds is 1. The highest BCUT2D eigenvalue weighted by Crippen LogP contribution is 2.29. The van der Waals surface area contributed by atoms with Crippen LogP contribution in [0.5, 0.6) is 0 Å². The first-order valence-corrected chi connectivity index (χ1v) is 5.21. The van der Waals surface area contributed by atoms with Crippen LogP contribution in [-0.2, 0) is 6.54 Å². The molecule has 0 aromatic carbocycles. The summed E-state index contributed by atoms with van der Waals surface area (Å²) in [5, 5.41) is 7.37. The molecule has 1 unspecified atom stereocenters. The Labute approximate surface area is 89.8 Å². The first-order valence-electron chi connectivity index (χ1n) is 4.42. The molecule has 2 heterocycles. The van der Waals surface area contributed by atoms with Crippen molar-refractivity contribution in [3.05, 3.63) is 10.2 Å². The molecule has 0 saturated carbocycles. The van der Waals surface area contributed by atoms with E-state index in [1.807, 2.05) is 0 Å². The van der Waals surface area contributed by atoms with Crippen molar-refractivity contribution in [1.82, 2.24) is 9.78 Å². The number of hydrogen-bond acceptors (Lipinski definition) is 3. The normalized spacial score (nSPS) is 20.0. The van der Waals surface area contributed by atoms with Gasteiger partial charge in [0.2, 0.25) is 0 Å². The van der Waals surface area contributed by atoms with Crippen molar-refractivity contribution in [2.24, 2.45) is 5.73 Å². The van der Waals surface area contributed by atoms with E-state index >= 15 is 0 Å². The monoisotopic (exact) mass is 258 g/mol. The number of aryl methyl sites for hydroxylation is 1. The second kappa shape index (κ2) is 3.27. The highest BCUT2D eigenvalue weighted by molar-refractivity contribution is 9.10. The van der Waals surface area contributed by atoms with Crippen LogP contribution in [0.1, 0.15) is 23.8 Å². The van der Waals surface area contributed by atoms with E-state index in [1.54, 1.807) is 4.68 Å². The van der Waals surface area contributed by atoms with Crippen LogP contribution in [-0.4, -0.2) is 21.7 Å². The number of fused-ring (bicyclic) bond motifs is 1. The van der Waals surface area contributed by atoms with E-state index in [1.165, 1.54) is 0 Å². The van der Waals surface area contributed by atoms with Gasteiger partial charge in [-0.25, -0.2) is 4.68 Å². The highest BCUT2D eigenvalue weighted by atomic mass is 79.9. The maximum Gasteiger partial charge on any atom is 0.270 e. The summed E-state index contributed by atoms with van der Waals surface area (Å²) in [7, 11) is 0. The van der Waals surface area contributed by atoms with Crippen molar-refractivity contribution >= 4 is 27.7 Å². The van der Waals surface area contributed by atoms with E-state index in [9.17, 15) is 4.79 Å². The zero-order chi connectivity index (χ0) is 10.3. The number of aromatic nitrogens is 2. The summed E-state index contributed by atoms with van der Waals surface area (Å²) >= 11 is 3.32. The SMILES string of the molecule is CC1CCn2nc(C(N)=O)c(Br)c2N1. The van der Waals surface area contributed by atoms with Crippen LogP contribution in [0.2, 0.25) is 0 Å². The number of hydrogen-bond donors (Lipinski definition) is 2. The van der Waals surface area contributed by atoms with Crippen molar-refractivity contribution in [3.63, 3.8) is 0 Å². The molecule has 14 heavy (non-hydrogen) atoms. The first-order chi connectivity index (χ1) is 6.59. The van der Waals surface area contributed by atoms with Crippen LogP contribution >= 0.6 is 15.9 Å². The van der Waals surface area contributed by atoms with Crippen LogP contribution < -0.4 is 11.1 Å². The third-order valence-electron chi connectivity index (χ3n) is 2.29. The second-order valence-electron chi connectivity index (χ2n) is 3.43. The lowest BCUT2D eigenvalue weighted by atomic mass is 10.2. The molecule has 1 aliphatic heterocycles. The molecule has 76 valence electrons. The number of nitrogens with zero attached hydrogens (tertiary/aromatic N) is 2. The Morgan fingerprint density at radius 3 is 3.14 bits per heavy atom. The lowest BCUT2D eigenvalue weighted by Gasteiger charge is -2.22. The minimum Gasteiger partial charge on any atom is -0.367 e. The fourth-order valence-corrected chi connectivity index (χ4v) is 2.11. The van der Waals surface area contributed by atoms with E-state index in [0.717, 1.165) is 18.8 Å². The van der Waals surface area contributed by atoms with Crippen molar-refractivity contribution in [3.8, 4) is 0 Å². The van der Waals surface area contributed by atoms with Gasteiger partial charge in [-0.15, -0.1) is 0 Å². The summed E-state index contributed by atoms with van der Waals surface area (Å²) in [5.74, 6) is 0.339. The van der Waals surface area contributed by atoms with Gasteiger partial charge in [-0.1, -0.05) is 0 Å². The predicted octanol–water partition coefficient (Wildman–Crippen LogP) is 0.949. The Hall–Kier alpha value is -1.04. The molecule has 0 aliphatic carbocycles. The fourth-order valence-electron chi connectivity index (χ4n) is 1.52. The minimum absolute atomic E-state index is 0.293. The molecular weight excluding hydrogens is 248 g/mol. The lowest BCUT2D eigenvalue weighted by Crippen LogP contribution is -2.26. The molecule has 6 heteroatoms. The molecule has 5 nitrogen and oxygen atoms in total. The highest BCUT2D eigenvalue weighted by Gasteiger charge is 2.23. The first kappa shape index (κ1) is 9.51. The number of amides is 1. The van der Waals surface area contributed by atoms with Crippen LogP contribution in [0.15, 0.2) is 4.47 Å². The van der Waals surface area contributed by atoms with E-state index in [2.05, 4.69) is 33.3 Å². The van der Waals surface area contributed by atoms with Gasteiger partial charge in [0.15, 0.2) is 5.69 Å². The summed E-state index contributed by atoms with van der Waals surface area (Å²) in [6, 6.07) is 0.399. The topological polar surface area (TPSA) is 72.9 Å². The summed E-state index contributed by atoms with van der Waals surface area (Å²) in [4.78, 5) is 11.0. The Morgan fingerprint density at radius 2 is 2.50 bits per heavy atom. The molecule has 0 radical (unpaired) electrons. The van der Waals surface area contributed by atoms with Gasteiger partial charge in [0.05, 0.1) is 4.47 Å². The standard InChI is InChI=1S/C8H11BrN4O/c1-4-2-3-13-8(11-4)5(9)6(12-13)7(10)14/h4,11H,2-3H2,1H3,(H2,10,14). The van der Waals surface area contributed by atoms with E-state index < -0.39 is 5.91 Å². The maximum absolute atomic E-state index is 11.0. The van der Waals surface area contributed by atoms with Crippen molar-refractivity contribution in [2.75, 3.05) is 5.32 Å². The number of halogens is 1. The third-order valence-corrected chi connectivity index (χ3v) is 3.04. The molecule has 1 atom stereocenters. The molecule has 0 spiro atoms. The summed E-state index contributed by atoms with van der Waals surface area (Å²) < 4.78 is 2.43. The Bertz CT molecular complexity index is 387. The average Bonchev–Trinajstić information content (AvgIpc) is 2.44. The van der Waals surface area contributed by atoms with Gasteiger partial charge in [0.25, 0.3) is 5.91 Å². The Kier molecular flexibility index (Phi) is 2.22. The smallest absolute Gasteiger partial charge is 0.270 e. The molecule has 2 rings (SSSR count). The molecule has 0 bridgehead atoms. The fraction of sp³-hybridized carbons (Fsp3) is 0.500. The van der Waals surface area contributed by atoms with E-state index in [-0.39, 0.29) is 0 Å².